The van der Waals surface area contributed by atoms with E-state index in [9.17, 15) is 0 Å². The topological polar surface area (TPSA) is 33.9 Å². The van der Waals surface area contributed by atoms with E-state index in [1.54, 1.807) is 14.2 Å². The Morgan fingerprint density at radius 2 is 1.83 bits per heavy atom. The number of halogens is 1. The van der Waals surface area contributed by atoms with Gasteiger partial charge >= 0.3 is 0 Å². The summed E-state index contributed by atoms with van der Waals surface area (Å²) < 4.78 is 19.3. The Morgan fingerprint density at radius 1 is 1.07 bits per heavy atom. The largest absolute Gasteiger partial charge is 1.00 e. The molecule has 29 heavy (non-hydrogen) atoms. The van der Waals surface area contributed by atoms with Gasteiger partial charge in [-0.2, -0.15) is 5.01 Å². The molecule has 1 saturated heterocycles. The summed E-state index contributed by atoms with van der Waals surface area (Å²) in [6, 6.07) is 15.0. The summed E-state index contributed by atoms with van der Waals surface area (Å²) in [6.45, 7) is 3.50. The van der Waals surface area contributed by atoms with Gasteiger partial charge in [-0.05, 0) is 36.1 Å². The van der Waals surface area contributed by atoms with Crippen molar-refractivity contribution in [1.29, 1.82) is 0 Å². The van der Waals surface area contributed by atoms with E-state index in [2.05, 4.69) is 52.3 Å². The zero-order valence-corrected chi connectivity index (χ0v) is 17.9. The van der Waals surface area contributed by atoms with Gasteiger partial charge in [0.15, 0.2) is 18.0 Å². The highest BCUT2D eigenvalue weighted by molar-refractivity contribution is 5.80. The van der Waals surface area contributed by atoms with E-state index in [1.165, 1.54) is 29.5 Å². The van der Waals surface area contributed by atoms with Gasteiger partial charge in [0.25, 0.3) is 0 Å². The van der Waals surface area contributed by atoms with E-state index in [0.29, 0.717) is 12.6 Å². The Kier molecular flexibility index (Phi) is 7.40. The molecular formula is C23H29ClN2O3. The lowest BCUT2D eigenvalue weighted by molar-refractivity contribution is -0.691. The summed E-state index contributed by atoms with van der Waals surface area (Å²) in [4.78, 5) is 0. The zero-order chi connectivity index (χ0) is 19.3. The molecule has 0 unspecified atom stereocenters. The van der Waals surface area contributed by atoms with Crippen LogP contribution in [0.4, 0.5) is 0 Å². The SMILES string of the molecule is COc1cc2c(cc1OC)CC[N+](N1CCC[C@H]1COCc1ccccc1)=C2.[Cl-]. The van der Waals surface area contributed by atoms with E-state index in [-0.39, 0.29) is 12.4 Å². The van der Waals surface area contributed by atoms with Gasteiger partial charge in [-0.3, -0.25) is 0 Å². The highest BCUT2D eigenvalue weighted by Crippen LogP contribution is 2.31. The molecule has 1 atom stereocenters. The second kappa shape index (κ2) is 9.99. The molecule has 0 radical (unpaired) electrons. The summed E-state index contributed by atoms with van der Waals surface area (Å²) in [5, 5.41) is 2.48. The molecule has 0 aliphatic carbocycles. The van der Waals surface area contributed by atoms with E-state index in [1.807, 2.05) is 6.07 Å². The maximum absolute atomic E-state index is 6.04. The van der Waals surface area contributed by atoms with Crippen molar-refractivity contribution in [2.75, 3.05) is 33.9 Å². The van der Waals surface area contributed by atoms with E-state index in [4.69, 9.17) is 14.2 Å². The van der Waals surface area contributed by atoms with Crippen molar-refractivity contribution in [3.63, 3.8) is 0 Å². The molecule has 0 aromatic heterocycles. The third-order valence-electron chi connectivity index (χ3n) is 5.64. The normalized spacial score (nSPS) is 17.9. The highest BCUT2D eigenvalue weighted by Gasteiger charge is 2.33. The van der Waals surface area contributed by atoms with Crippen LogP contribution in [-0.2, 0) is 17.8 Å². The molecule has 1 fully saturated rings. The quantitative estimate of drug-likeness (QED) is 0.608. The molecule has 0 amide bonds. The van der Waals surface area contributed by atoms with E-state index < -0.39 is 0 Å². The van der Waals surface area contributed by atoms with E-state index in [0.717, 1.165) is 37.6 Å². The van der Waals surface area contributed by atoms with Gasteiger partial charge < -0.3 is 26.6 Å². The summed E-state index contributed by atoms with van der Waals surface area (Å²) in [5.41, 5.74) is 3.75. The first-order chi connectivity index (χ1) is 13.8. The van der Waals surface area contributed by atoms with Crippen molar-refractivity contribution in [2.45, 2.75) is 31.9 Å². The Morgan fingerprint density at radius 3 is 2.59 bits per heavy atom. The van der Waals surface area contributed by atoms with Crippen molar-refractivity contribution in [2.24, 2.45) is 0 Å². The van der Waals surface area contributed by atoms with Crippen LogP contribution in [0.3, 0.4) is 0 Å². The number of rotatable bonds is 7. The molecule has 156 valence electrons. The fourth-order valence-electron chi connectivity index (χ4n) is 4.15. The Balaban J connectivity index is 0.00000240. The molecule has 5 nitrogen and oxygen atoms in total. The lowest BCUT2D eigenvalue weighted by Crippen LogP contribution is -3.00. The molecular weight excluding hydrogens is 388 g/mol. The van der Waals surface area contributed by atoms with Crippen molar-refractivity contribution in [3.8, 4) is 11.5 Å². The van der Waals surface area contributed by atoms with Crippen LogP contribution >= 0.6 is 0 Å². The van der Waals surface area contributed by atoms with E-state index >= 15 is 0 Å². The van der Waals surface area contributed by atoms with Gasteiger partial charge in [0, 0.05) is 12.0 Å². The van der Waals surface area contributed by atoms with Crippen LogP contribution in [0.2, 0.25) is 0 Å². The number of nitrogens with zero attached hydrogens (tertiary/aromatic N) is 2. The predicted octanol–water partition coefficient (Wildman–Crippen LogP) is 0.292. The van der Waals surface area contributed by atoms with Crippen LogP contribution < -0.4 is 21.9 Å². The summed E-state index contributed by atoms with van der Waals surface area (Å²) in [5.74, 6) is 1.58. The molecule has 4 rings (SSSR count). The first-order valence-corrected chi connectivity index (χ1v) is 10.0. The van der Waals surface area contributed by atoms with Crippen LogP contribution in [0.1, 0.15) is 29.5 Å². The Bertz CT molecular complexity index is 842. The minimum absolute atomic E-state index is 0. The fraction of sp³-hybridized carbons (Fsp3) is 0.435. The second-order valence-corrected chi connectivity index (χ2v) is 7.41. The Labute approximate surface area is 179 Å². The minimum Gasteiger partial charge on any atom is -1.00 e. The number of hydrazone groups is 1. The maximum atomic E-state index is 6.04. The lowest BCUT2D eigenvalue weighted by atomic mass is 10.0. The predicted molar refractivity (Wildman–Crippen MR) is 109 cm³/mol. The fourth-order valence-corrected chi connectivity index (χ4v) is 4.15. The highest BCUT2D eigenvalue weighted by atomic mass is 35.5. The molecule has 0 bridgehead atoms. The lowest BCUT2D eigenvalue weighted by Gasteiger charge is -2.25. The smallest absolute Gasteiger partial charge is 0.201 e. The number of fused-ring (bicyclic) bond motifs is 1. The van der Waals surface area contributed by atoms with Crippen molar-refractivity contribution in [3.05, 3.63) is 59.2 Å². The van der Waals surface area contributed by atoms with Crippen molar-refractivity contribution >= 4 is 6.21 Å². The summed E-state index contributed by atoms with van der Waals surface area (Å²) >= 11 is 0. The average molecular weight is 417 g/mol. The molecule has 2 aliphatic rings. The first kappa shape index (κ1) is 21.5. The molecule has 2 aromatic carbocycles. The van der Waals surface area contributed by atoms with Gasteiger partial charge in [-0.25, -0.2) is 0 Å². The molecule has 2 aromatic rings. The van der Waals surface area contributed by atoms with Crippen LogP contribution in [0.25, 0.3) is 0 Å². The number of ether oxygens (including phenoxy) is 3. The first-order valence-electron chi connectivity index (χ1n) is 10.0. The third-order valence-corrected chi connectivity index (χ3v) is 5.64. The number of hydrazine groups is 1. The zero-order valence-electron chi connectivity index (χ0n) is 17.1. The standard InChI is InChI=1S/C23H29N2O3.ClH/c1-26-22-13-19-10-12-24(15-20(19)14-23(22)27-2)25-11-6-9-21(25)17-28-16-18-7-4-3-5-8-18;/h3-5,7-8,13-15,21H,6,9-12,16-17H2,1-2H3;1H/q+1;/p-1/t21-;/m0./s1. The van der Waals surface area contributed by atoms with Crippen LogP contribution in [0.15, 0.2) is 42.5 Å². The number of methoxy groups -OCH3 is 2. The number of hydrogen-bond acceptors (Lipinski definition) is 4. The van der Waals surface area contributed by atoms with Gasteiger partial charge in [0.05, 0.1) is 34.0 Å². The summed E-state index contributed by atoms with van der Waals surface area (Å²) in [7, 11) is 3.37. The minimum atomic E-state index is 0. The monoisotopic (exact) mass is 416 g/mol. The Hall–Kier alpha value is -2.24. The molecule has 0 spiro atoms. The summed E-state index contributed by atoms with van der Waals surface area (Å²) in [6.07, 6.45) is 5.64. The molecule has 2 aliphatic heterocycles. The average Bonchev–Trinajstić information content (AvgIpc) is 3.21. The van der Waals surface area contributed by atoms with Crippen LogP contribution in [0.5, 0.6) is 11.5 Å². The number of hydrogen-bond donors (Lipinski definition) is 0. The molecule has 2 heterocycles. The molecule has 0 saturated carbocycles. The number of benzene rings is 2. The maximum Gasteiger partial charge on any atom is 0.201 e. The molecule has 0 N–H and O–H groups in total. The second-order valence-electron chi connectivity index (χ2n) is 7.41. The van der Waals surface area contributed by atoms with Crippen LogP contribution in [-0.4, -0.2) is 55.9 Å². The van der Waals surface area contributed by atoms with Gasteiger partial charge in [0.1, 0.15) is 6.04 Å². The van der Waals surface area contributed by atoms with Gasteiger partial charge in [-0.15, -0.1) is 4.68 Å². The van der Waals surface area contributed by atoms with Crippen LogP contribution in [0, 0.1) is 0 Å². The molecule has 6 heteroatoms. The van der Waals surface area contributed by atoms with Crippen molar-refractivity contribution < 1.29 is 31.3 Å². The van der Waals surface area contributed by atoms with Gasteiger partial charge in [0.2, 0.25) is 6.21 Å². The van der Waals surface area contributed by atoms with Crippen molar-refractivity contribution in [1.82, 2.24) is 5.01 Å². The third kappa shape index (κ3) is 4.85. The van der Waals surface area contributed by atoms with Gasteiger partial charge in [-0.1, -0.05) is 30.3 Å².